The number of piperidine rings is 1. The number of hydrogen-bond donors (Lipinski definition) is 1. The van der Waals surface area contributed by atoms with Crippen molar-refractivity contribution in [2.75, 3.05) is 32.8 Å². The SMILES string of the molecule is CCCNC1CCCN(C(=O)CCOCC(F)F)C1. The van der Waals surface area contributed by atoms with Gasteiger partial charge in [0.25, 0.3) is 6.43 Å². The number of amides is 1. The lowest BCUT2D eigenvalue weighted by Gasteiger charge is -2.33. The van der Waals surface area contributed by atoms with Gasteiger partial charge in [0.05, 0.1) is 13.0 Å². The zero-order chi connectivity index (χ0) is 14.1. The van der Waals surface area contributed by atoms with Crippen molar-refractivity contribution in [3.63, 3.8) is 0 Å². The summed E-state index contributed by atoms with van der Waals surface area (Å²) < 4.78 is 28.4. The Bertz CT molecular complexity index is 265. The van der Waals surface area contributed by atoms with Crippen molar-refractivity contribution in [1.29, 1.82) is 0 Å². The quantitative estimate of drug-likeness (QED) is 0.686. The molecule has 1 aliphatic heterocycles. The fraction of sp³-hybridized carbons (Fsp3) is 0.923. The van der Waals surface area contributed by atoms with E-state index in [1.807, 2.05) is 4.90 Å². The second kappa shape index (κ2) is 9.20. The summed E-state index contributed by atoms with van der Waals surface area (Å²) >= 11 is 0. The van der Waals surface area contributed by atoms with E-state index >= 15 is 0 Å². The maximum atomic E-state index is 11.9. The Kier molecular flexibility index (Phi) is 7.90. The van der Waals surface area contributed by atoms with Crippen LogP contribution in [-0.4, -0.2) is 56.1 Å². The molecule has 0 spiro atoms. The molecule has 1 aliphatic rings. The van der Waals surface area contributed by atoms with Crippen LogP contribution in [0, 0.1) is 0 Å². The lowest BCUT2D eigenvalue weighted by molar-refractivity contribution is -0.134. The standard InChI is InChI=1S/C13H24F2N2O2/c1-2-6-16-11-4-3-7-17(9-11)13(18)5-8-19-10-12(14)15/h11-12,16H,2-10H2,1H3. The topological polar surface area (TPSA) is 41.6 Å². The molecule has 1 atom stereocenters. The first-order chi connectivity index (χ1) is 9.13. The van der Waals surface area contributed by atoms with Gasteiger partial charge in [-0.05, 0) is 25.8 Å². The normalized spacial score (nSPS) is 20.0. The van der Waals surface area contributed by atoms with Gasteiger partial charge >= 0.3 is 0 Å². The van der Waals surface area contributed by atoms with E-state index in [2.05, 4.69) is 12.2 Å². The number of halogens is 2. The van der Waals surface area contributed by atoms with Crippen LogP contribution in [0.4, 0.5) is 8.78 Å². The number of nitrogens with one attached hydrogen (secondary N) is 1. The molecule has 0 aromatic rings. The Labute approximate surface area is 113 Å². The summed E-state index contributed by atoms with van der Waals surface area (Å²) in [6.45, 7) is 4.04. The molecule has 112 valence electrons. The third-order valence-corrected chi connectivity index (χ3v) is 3.16. The van der Waals surface area contributed by atoms with Crippen molar-refractivity contribution in [3.05, 3.63) is 0 Å². The minimum absolute atomic E-state index is 0.00253. The Morgan fingerprint density at radius 1 is 1.53 bits per heavy atom. The van der Waals surface area contributed by atoms with Gasteiger partial charge in [0.15, 0.2) is 0 Å². The van der Waals surface area contributed by atoms with Crippen LogP contribution < -0.4 is 5.32 Å². The maximum Gasteiger partial charge on any atom is 0.261 e. The van der Waals surface area contributed by atoms with Gasteiger partial charge in [-0.3, -0.25) is 4.79 Å². The summed E-state index contributed by atoms with van der Waals surface area (Å²) in [7, 11) is 0. The van der Waals surface area contributed by atoms with Crippen LogP contribution in [0.2, 0.25) is 0 Å². The van der Waals surface area contributed by atoms with Crippen molar-refractivity contribution in [2.45, 2.75) is 45.1 Å². The van der Waals surface area contributed by atoms with Crippen LogP contribution in [0.5, 0.6) is 0 Å². The molecule has 1 heterocycles. The van der Waals surface area contributed by atoms with Crippen molar-refractivity contribution in [3.8, 4) is 0 Å². The third-order valence-electron chi connectivity index (χ3n) is 3.16. The van der Waals surface area contributed by atoms with E-state index in [4.69, 9.17) is 4.74 Å². The van der Waals surface area contributed by atoms with Crippen molar-refractivity contribution in [1.82, 2.24) is 10.2 Å². The predicted molar refractivity (Wildman–Crippen MR) is 69.3 cm³/mol. The Morgan fingerprint density at radius 2 is 2.32 bits per heavy atom. The molecule has 1 N–H and O–H groups in total. The molecule has 1 unspecified atom stereocenters. The average molecular weight is 278 g/mol. The van der Waals surface area contributed by atoms with Gasteiger partial charge < -0.3 is 15.0 Å². The highest BCUT2D eigenvalue weighted by Crippen LogP contribution is 2.11. The molecule has 0 aromatic carbocycles. The van der Waals surface area contributed by atoms with E-state index in [-0.39, 0.29) is 18.9 Å². The monoisotopic (exact) mass is 278 g/mol. The maximum absolute atomic E-state index is 11.9. The number of likely N-dealkylation sites (tertiary alicyclic amines) is 1. The summed E-state index contributed by atoms with van der Waals surface area (Å²) in [5, 5.41) is 3.41. The number of rotatable bonds is 8. The number of carbonyl (C=O) groups is 1. The van der Waals surface area contributed by atoms with Crippen LogP contribution >= 0.6 is 0 Å². The highest BCUT2D eigenvalue weighted by atomic mass is 19.3. The van der Waals surface area contributed by atoms with Crippen LogP contribution in [0.15, 0.2) is 0 Å². The second-order valence-electron chi connectivity index (χ2n) is 4.85. The van der Waals surface area contributed by atoms with Crippen molar-refractivity contribution >= 4 is 5.91 Å². The van der Waals surface area contributed by atoms with E-state index in [9.17, 15) is 13.6 Å². The molecule has 0 bridgehead atoms. The predicted octanol–water partition coefficient (Wildman–Crippen LogP) is 1.65. The lowest BCUT2D eigenvalue weighted by atomic mass is 10.1. The smallest absolute Gasteiger partial charge is 0.261 e. The van der Waals surface area contributed by atoms with Gasteiger partial charge in [0, 0.05) is 19.1 Å². The molecule has 0 saturated carbocycles. The van der Waals surface area contributed by atoms with Gasteiger partial charge in [-0.15, -0.1) is 0 Å². The minimum Gasteiger partial charge on any atom is -0.375 e. The number of carbonyl (C=O) groups excluding carboxylic acids is 1. The molecule has 0 aromatic heterocycles. The van der Waals surface area contributed by atoms with E-state index in [0.717, 1.165) is 32.4 Å². The van der Waals surface area contributed by atoms with Crippen molar-refractivity contribution in [2.24, 2.45) is 0 Å². The van der Waals surface area contributed by atoms with Gasteiger partial charge in [-0.1, -0.05) is 6.92 Å². The second-order valence-corrected chi connectivity index (χ2v) is 4.85. The zero-order valence-corrected chi connectivity index (χ0v) is 11.5. The summed E-state index contributed by atoms with van der Waals surface area (Å²) in [5.41, 5.74) is 0. The Hall–Kier alpha value is -0.750. The third kappa shape index (κ3) is 6.82. The molecule has 0 radical (unpaired) electrons. The minimum atomic E-state index is -2.47. The Morgan fingerprint density at radius 3 is 3.00 bits per heavy atom. The average Bonchev–Trinajstić information content (AvgIpc) is 2.41. The Balaban J connectivity index is 2.20. The summed E-state index contributed by atoms with van der Waals surface area (Å²) in [6.07, 6.45) is 0.878. The molecule has 6 heteroatoms. The fourth-order valence-electron chi connectivity index (χ4n) is 2.21. The molecule has 1 amide bonds. The van der Waals surface area contributed by atoms with Gasteiger partial charge in [-0.2, -0.15) is 0 Å². The van der Waals surface area contributed by atoms with Gasteiger partial charge in [-0.25, -0.2) is 8.78 Å². The van der Waals surface area contributed by atoms with Crippen LogP contribution in [0.25, 0.3) is 0 Å². The van der Waals surface area contributed by atoms with Crippen LogP contribution in [-0.2, 0) is 9.53 Å². The van der Waals surface area contributed by atoms with E-state index < -0.39 is 13.0 Å². The van der Waals surface area contributed by atoms with E-state index in [1.165, 1.54) is 0 Å². The van der Waals surface area contributed by atoms with Crippen molar-refractivity contribution < 1.29 is 18.3 Å². The molecular weight excluding hydrogens is 254 g/mol. The van der Waals surface area contributed by atoms with E-state index in [1.54, 1.807) is 0 Å². The number of alkyl halides is 2. The van der Waals surface area contributed by atoms with Gasteiger partial charge in [0.2, 0.25) is 5.91 Å². The summed E-state index contributed by atoms with van der Waals surface area (Å²) in [4.78, 5) is 13.7. The molecule has 4 nitrogen and oxygen atoms in total. The molecule has 1 saturated heterocycles. The fourth-order valence-corrected chi connectivity index (χ4v) is 2.21. The van der Waals surface area contributed by atoms with E-state index in [0.29, 0.717) is 12.6 Å². The number of hydrogen-bond acceptors (Lipinski definition) is 3. The molecule has 19 heavy (non-hydrogen) atoms. The molecule has 1 rings (SSSR count). The highest BCUT2D eigenvalue weighted by molar-refractivity contribution is 5.76. The molecule has 0 aliphatic carbocycles. The molecule has 1 fully saturated rings. The zero-order valence-electron chi connectivity index (χ0n) is 11.5. The highest BCUT2D eigenvalue weighted by Gasteiger charge is 2.22. The van der Waals surface area contributed by atoms with Crippen LogP contribution in [0.3, 0.4) is 0 Å². The number of ether oxygens (including phenoxy) is 1. The summed E-state index contributed by atoms with van der Waals surface area (Å²) in [5.74, 6) is -0.00253. The number of nitrogens with zero attached hydrogens (tertiary/aromatic N) is 1. The largest absolute Gasteiger partial charge is 0.375 e. The lowest BCUT2D eigenvalue weighted by Crippen LogP contribution is -2.48. The first kappa shape index (κ1) is 16.3. The summed E-state index contributed by atoms with van der Waals surface area (Å²) in [6, 6.07) is 0.361. The van der Waals surface area contributed by atoms with Crippen LogP contribution in [0.1, 0.15) is 32.6 Å². The first-order valence-electron chi connectivity index (χ1n) is 7.00. The van der Waals surface area contributed by atoms with Gasteiger partial charge in [0.1, 0.15) is 6.61 Å². The first-order valence-corrected chi connectivity index (χ1v) is 7.00. The molecular formula is C13H24F2N2O2.